The maximum absolute atomic E-state index is 12.3. The maximum atomic E-state index is 12.3. The number of nitrogens with one attached hydrogen (secondary N) is 1. The zero-order valence-corrected chi connectivity index (χ0v) is 13.9. The molecule has 1 aromatic carbocycles. The monoisotopic (exact) mass is 312 g/mol. The number of carbonyl (C=O) groups excluding carboxylic acids is 1. The molecule has 3 rings (SSSR count). The largest absolute Gasteiger partial charge is 0.352 e. The van der Waals surface area contributed by atoms with Crippen molar-refractivity contribution < 1.29 is 4.79 Å². The summed E-state index contributed by atoms with van der Waals surface area (Å²) in [6, 6.07) is 5.90. The standard InChI is InChI=1S/C18H24N4O/c1-13-7-8-15(14(2)12-13)18(23)19-10-9-17-21-20-16-6-4-3-5-11-22(16)17/h7-8,12H,3-6,9-11H2,1-2H3,(H,19,23). The fraction of sp³-hybridized carbons (Fsp3) is 0.500. The average Bonchev–Trinajstić information content (AvgIpc) is 2.75. The highest BCUT2D eigenvalue weighted by molar-refractivity contribution is 5.95. The van der Waals surface area contributed by atoms with Crippen molar-refractivity contribution in [3.8, 4) is 0 Å². The third-order valence-corrected chi connectivity index (χ3v) is 4.45. The lowest BCUT2D eigenvalue weighted by molar-refractivity contribution is 0.0953. The van der Waals surface area contributed by atoms with E-state index in [1.54, 1.807) is 0 Å². The van der Waals surface area contributed by atoms with Crippen molar-refractivity contribution in [2.45, 2.75) is 52.5 Å². The number of rotatable bonds is 4. The number of fused-ring (bicyclic) bond motifs is 1. The lowest BCUT2D eigenvalue weighted by atomic mass is 10.1. The van der Waals surface area contributed by atoms with Gasteiger partial charge in [-0.1, -0.05) is 24.1 Å². The molecule has 0 unspecified atom stereocenters. The fourth-order valence-electron chi connectivity index (χ4n) is 3.18. The Kier molecular flexibility index (Phi) is 4.74. The molecule has 5 heteroatoms. The topological polar surface area (TPSA) is 59.8 Å². The average molecular weight is 312 g/mol. The van der Waals surface area contributed by atoms with Gasteiger partial charge in [-0.25, -0.2) is 0 Å². The third kappa shape index (κ3) is 3.60. The van der Waals surface area contributed by atoms with E-state index in [1.165, 1.54) is 24.8 Å². The van der Waals surface area contributed by atoms with Crippen molar-refractivity contribution in [2.75, 3.05) is 6.54 Å². The van der Waals surface area contributed by atoms with Crippen LogP contribution in [0.2, 0.25) is 0 Å². The van der Waals surface area contributed by atoms with Crippen molar-refractivity contribution in [3.63, 3.8) is 0 Å². The van der Waals surface area contributed by atoms with Gasteiger partial charge in [0.25, 0.3) is 5.91 Å². The first-order valence-electron chi connectivity index (χ1n) is 8.41. The zero-order chi connectivity index (χ0) is 16.2. The molecule has 0 bridgehead atoms. The van der Waals surface area contributed by atoms with Crippen LogP contribution in [0.5, 0.6) is 0 Å². The van der Waals surface area contributed by atoms with E-state index in [-0.39, 0.29) is 5.91 Å². The van der Waals surface area contributed by atoms with Gasteiger partial charge in [0.2, 0.25) is 0 Å². The molecule has 0 radical (unpaired) electrons. The van der Waals surface area contributed by atoms with Gasteiger partial charge in [0.15, 0.2) is 0 Å². The first-order chi connectivity index (χ1) is 11.1. The predicted molar refractivity (Wildman–Crippen MR) is 89.5 cm³/mol. The molecule has 0 spiro atoms. The van der Waals surface area contributed by atoms with Crippen LogP contribution in [0.1, 0.15) is 52.4 Å². The highest BCUT2D eigenvalue weighted by atomic mass is 16.1. The highest BCUT2D eigenvalue weighted by Crippen LogP contribution is 2.14. The number of aromatic nitrogens is 3. The lowest BCUT2D eigenvalue weighted by Gasteiger charge is -2.09. The molecule has 1 amide bonds. The van der Waals surface area contributed by atoms with Gasteiger partial charge in [0.1, 0.15) is 11.6 Å². The van der Waals surface area contributed by atoms with Crippen molar-refractivity contribution >= 4 is 5.91 Å². The van der Waals surface area contributed by atoms with Crippen LogP contribution in [0, 0.1) is 13.8 Å². The van der Waals surface area contributed by atoms with E-state index >= 15 is 0 Å². The molecular formula is C18H24N4O. The van der Waals surface area contributed by atoms with Gasteiger partial charge in [0.05, 0.1) is 0 Å². The molecule has 0 atom stereocenters. The molecule has 1 aromatic heterocycles. The van der Waals surface area contributed by atoms with Crippen LogP contribution in [0.15, 0.2) is 18.2 Å². The van der Waals surface area contributed by atoms with Gasteiger partial charge in [-0.15, -0.1) is 10.2 Å². The second-order valence-electron chi connectivity index (χ2n) is 6.32. The van der Waals surface area contributed by atoms with Crippen LogP contribution in [0.4, 0.5) is 0 Å². The minimum atomic E-state index is -0.0156. The van der Waals surface area contributed by atoms with Crippen LogP contribution in [-0.2, 0) is 19.4 Å². The molecule has 1 aliphatic rings. The van der Waals surface area contributed by atoms with E-state index in [9.17, 15) is 4.79 Å². The predicted octanol–water partition coefficient (Wildman–Crippen LogP) is 2.59. The Morgan fingerprint density at radius 3 is 2.91 bits per heavy atom. The Morgan fingerprint density at radius 2 is 2.09 bits per heavy atom. The number of hydrogen-bond acceptors (Lipinski definition) is 3. The number of hydrogen-bond donors (Lipinski definition) is 1. The molecule has 0 aliphatic carbocycles. The Hall–Kier alpha value is -2.17. The van der Waals surface area contributed by atoms with Crippen LogP contribution >= 0.6 is 0 Å². The van der Waals surface area contributed by atoms with Crippen molar-refractivity contribution in [1.82, 2.24) is 20.1 Å². The molecule has 2 heterocycles. The molecule has 1 aliphatic heterocycles. The van der Waals surface area contributed by atoms with Gasteiger partial charge in [-0.2, -0.15) is 0 Å². The van der Waals surface area contributed by atoms with Crippen LogP contribution in [-0.4, -0.2) is 27.2 Å². The number of nitrogens with zero attached hydrogens (tertiary/aromatic N) is 3. The van der Waals surface area contributed by atoms with Gasteiger partial charge in [-0.3, -0.25) is 4.79 Å². The van der Waals surface area contributed by atoms with E-state index in [2.05, 4.69) is 20.1 Å². The second kappa shape index (κ2) is 6.94. The summed E-state index contributed by atoms with van der Waals surface area (Å²) < 4.78 is 2.23. The van der Waals surface area contributed by atoms with Crippen LogP contribution in [0.25, 0.3) is 0 Å². The molecule has 0 fully saturated rings. The number of amides is 1. The summed E-state index contributed by atoms with van der Waals surface area (Å²) in [5.74, 6) is 2.07. The Bertz CT molecular complexity index is 705. The minimum absolute atomic E-state index is 0.0156. The molecule has 1 N–H and O–H groups in total. The smallest absolute Gasteiger partial charge is 0.251 e. The molecule has 0 saturated carbocycles. The normalized spacial score (nSPS) is 14.2. The molecular weight excluding hydrogens is 288 g/mol. The Balaban J connectivity index is 1.59. The van der Waals surface area contributed by atoms with E-state index in [1.807, 2.05) is 32.0 Å². The molecule has 23 heavy (non-hydrogen) atoms. The molecule has 0 saturated heterocycles. The van der Waals surface area contributed by atoms with Crippen LogP contribution < -0.4 is 5.32 Å². The first-order valence-corrected chi connectivity index (χ1v) is 8.41. The molecule has 122 valence electrons. The summed E-state index contributed by atoms with van der Waals surface area (Å²) in [5.41, 5.74) is 2.93. The Morgan fingerprint density at radius 1 is 1.22 bits per heavy atom. The lowest BCUT2D eigenvalue weighted by Crippen LogP contribution is -2.27. The van der Waals surface area contributed by atoms with E-state index in [4.69, 9.17) is 0 Å². The maximum Gasteiger partial charge on any atom is 0.251 e. The summed E-state index contributed by atoms with van der Waals surface area (Å²) in [7, 11) is 0. The van der Waals surface area contributed by atoms with Crippen molar-refractivity contribution in [2.24, 2.45) is 0 Å². The highest BCUT2D eigenvalue weighted by Gasteiger charge is 2.15. The summed E-state index contributed by atoms with van der Waals surface area (Å²) in [4.78, 5) is 12.3. The third-order valence-electron chi connectivity index (χ3n) is 4.45. The van der Waals surface area contributed by atoms with E-state index in [0.29, 0.717) is 6.54 Å². The quantitative estimate of drug-likeness (QED) is 0.944. The molecule has 5 nitrogen and oxygen atoms in total. The summed E-state index contributed by atoms with van der Waals surface area (Å²) >= 11 is 0. The fourth-order valence-corrected chi connectivity index (χ4v) is 3.18. The zero-order valence-electron chi connectivity index (χ0n) is 13.9. The summed E-state index contributed by atoms with van der Waals surface area (Å²) in [6.45, 7) is 5.60. The van der Waals surface area contributed by atoms with Gasteiger partial charge in [-0.05, 0) is 38.3 Å². The summed E-state index contributed by atoms with van der Waals surface area (Å²) in [6.07, 6.45) is 5.38. The van der Waals surface area contributed by atoms with Crippen molar-refractivity contribution in [1.29, 1.82) is 0 Å². The van der Waals surface area contributed by atoms with Gasteiger partial charge >= 0.3 is 0 Å². The van der Waals surface area contributed by atoms with E-state index < -0.39 is 0 Å². The molecule has 2 aromatic rings. The number of benzene rings is 1. The van der Waals surface area contributed by atoms with Gasteiger partial charge in [0, 0.05) is 31.5 Å². The SMILES string of the molecule is Cc1ccc(C(=O)NCCc2nnc3n2CCCCC3)c(C)c1. The van der Waals surface area contributed by atoms with Crippen molar-refractivity contribution in [3.05, 3.63) is 46.5 Å². The number of aryl methyl sites for hydroxylation is 3. The van der Waals surface area contributed by atoms with Gasteiger partial charge < -0.3 is 9.88 Å². The van der Waals surface area contributed by atoms with E-state index in [0.717, 1.165) is 42.2 Å². The summed E-state index contributed by atoms with van der Waals surface area (Å²) in [5, 5.41) is 11.6. The first kappa shape index (κ1) is 15.7. The second-order valence-corrected chi connectivity index (χ2v) is 6.32. The minimum Gasteiger partial charge on any atom is -0.352 e. The number of carbonyl (C=O) groups is 1. The Labute approximate surface area is 137 Å². The van der Waals surface area contributed by atoms with Crippen LogP contribution in [0.3, 0.4) is 0 Å².